The molecule has 0 saturated heterocycles. The van der Waals surface area contributed by atoms with Gasteiger partial charge in [0.1, 0.15) is 0 Å². The average Bonchev–Trinajstić information content (AvgIpc) is 2.93. The quantitative estimate of drug-likeness (QED) is 0.834. The fourth-order valence-electron chi connectivity index (χ4n) is 2.85. The van der Waals surface area contributed by atoms with Gasteiger partial charge in [-0.1, -0.05) is 17.7 Å². The van der Waals surface area contributed by atoms with Crippen LogP contribution in [-0.4, -0.2) is 27.7 Å². The van der Waals surface area contributed by atoms with E-state index < -0.39 is 17.9 Å². The Morgan fingerprint density at radius 1 is 1.33 bits per heavy atom. The van der Waals surface area contributed by atoms with E-state index in [-0.39, 0.29) is 12.1 Å². The Balaban J connectivity index is 1.77. The monoisotopic (exact) mass is 338 g/mol. The smallest absolute Gasteiger partial charge is 0.320 e. The second kappa shape index (κ2) is 5.85. The molecule has 8 heteroatoms. The number of urea groups is 1. The molecule has 2 amide bonds. The van der Waals surface area contributed by atoms with Gasteiger partial charge >= 0.3 is 12.2 Å². The molecule has 5 nitrogen and oxygen atoms in total. The minimum absolute atomic E-state index is 0.0459. The molecule has 0 fully saturated rings. The van der Waals surface area contributed by atoms with Gasteiger partial charge in [0.15, 0.2) is 5.69 Å². The molecule has 24 heavy (non-hydrogen) atoms. The first-order valence-corrected chi connectivity index (χ1v) is 7.52. The molecule has 0 unspecified atom stereocenters. The topological polar surface area (TPSA) is 61.0 Å². The van der Waals surface area contributed by atoms with Gasteiger partial charge in [0.05, 0.1) is 6.54 Å². The molecule has 0 bridgehead atoms. The Labute approximate surface area is 136 Å². The zero-order chi connectivity index (χ0) is 17.5. The van der Waals surface area contributed by atoms with Crippen LogP contribution in [0, 0.1) is 13.8 Å². The fraction of sp³-hybridized carbons (Fsp3) is 0.375. The number of anilines is 1. The van der Waals surface area contributed by atoms with Gasteiger partial charge in [0, 0.05) is 29.9 Å². The van der Waals surface area contributed by atoms with E-state index in [1.54, 1.807) is 6.07 Å². The Kier molecular flexibility index (Phi) is 3.98. The SMILES string of the molecule is Cc1ccc(NC(=O)N2CCc3[nH]nc(C(F)(F)F)c3C2)c(C)c1. The number of nitrogens with zero attached hydrogens (tertiary/aromatic N) is 2. The van der Waals surface area contributed by atoms with E-state index in [2.05, 4.69) is 15.5 Å². The second-order valence-corrected chi connectivity index (χ2v) is 5.95. The lowest BCUT2D eigenvalue weighted by molar-refractivity contribution is -0.142. The Hall–Kier alpha value is -2.51. The van der Waals surface area contributed by atoms with Gasteiger partial charge in [-0.05, 0) is 25.5 Å². The number of benzene rings is 1. The molecule has 128 valence electrons. The van der Waals surface area contributed by atoms with Crippen LogP contribution >= 0.6 is 0 Å². The van der Waals surface area contributed by atoms with E-state index in [1.165, 1.54) is 4.90 Å². The van der Waals surface area contributed by atoms with Crippen LogP contribution in [0.2, 0.25) is 0 Å². The third-order valence-corrected chi connectivity index (χ3v) is 4.11. The van der Waals surface area contributed by atoms with Crippen molar-refractivity contribution in [2.24, 2.45) is 0 Å². The standard InChI is InChI=1S/C16H17F3N4O/c1-9-3-4-12(10(2)7-9)20-15(24)23-6-5-13-11(8-23)14(22-21-13)16(17,18)19/h3-4,7H,5-6,8H2,1-2H3,(H,20,24)(H,21,22). The van der Waals surface area contributed by atoms with Crippen LogP contribution in [0.5, 0.6) is 0 Å². The van der Waals surface area contributed by atoms with Crippen LogP contribution in [0.25, 0.3) is 0 Å². The molecule has 2 heterocycles. The summed E-state index contributed by atoms with van der Waals surface area (Å²) < 4.78 is 38.9. The van der Waals surface area contributed by atoms with Gasteiger partial charge in [-0.15, -0.1) is 0 Å². The lowest BCUT2D eigenvalue weighted by atomic mass is 10.1. The molecule has 1 aromatic heterocycles. The second-order valence-electron chi connectivity index (χ2n) is 5.95. The van der Waals surface area contributed by atoms with Crippen molar-refractivity contribution in [3.63, 3.8) is 0 Å². The number of H-pyrrole nitrogens is 1. The molecule has 1 aliphatic heterocycles. The molecule has 0 saturated carbocycles. The predicted octanol–water partition coefficient (Wildman–Crippen LogP) is 3.64. The number of carbonyl (C=O) groups excluding carboxylic acids is 1. The summed E-state index contributed by atoms with van der Waals surface area (Å²) in [4.78, 5) is 13.8. The van der Waals surface area contributed by atoms with Crippen molar-refractivity contribution in [1.29, 1.82) is 0 Å². The zero-order valence-electron chi connectivity index (χ0n) is 13.3. The largest absolute Gasteiger partial charge is 0.435 e. The summed E-state index contributed by atoms with van der Waals surface area (Å²) in [6.45, 7) is 4.04. The number of hydrogen-bond donors (Lipinski definition) is 2. The summed E-state index contributed by atoms with van der Waals surface area (Å²) >= 11 is 0. The van der Waals surface area contributed by atoms with E-state index in [1.807, 2.05) is 26.0 Å². The highest BCUT2D eigenvalue weighted by molar-refractivity contribution is 5.90. The Morgan fingerprint density at radius 3 is 2.75 bits per heavy atom. The minimum atomic E-state index is -4.53. The van der Waals surface area contributed by atoms with Crippen molar-refractivity contribution in [2.45, 2.75) is 33.0 Å². The summed E-state index contributed by atoms with van der Waals surface area (Å²) in [6, 6.07) is 5.18. The highest BCUT2D eigenvalue weighted by Gasteiger charge is 2.39. The summed E-state index contributed by atoms with van der Waals surface area (Å²) in [6.07, 6.45) is -4.21. The van der Waals surface area contributed by atoms with Gasteiger partial charge in [-0.25, -0.2) is 4.79 Å². The Bertz CT molecular complexity index is 782. The first-order chi connectivity index (χ1) is 11.3. The van der Waals surface area contributed by atoms with Gasteiger partial charge in [0.2, 0.25) is 0 Å². The number of nitrogens with one attached hydrogen (secondary N) is 2. The van der Waals surface area contributed by atoms with Crippen LogP contribution in [0.3, 0.4) is 0 Å². The van der Waals surface area contributed by atoms with Crippen LogP contribution in [0.4, 0.5) is 23.7 Å². The Morgan fingerprint density at radius 2 is 2.08 bits per heavy atom. The van der Waals surface area contributed by atoms with Crippen LogP contribution in [0.15, 0.2) is 18.2 Å². The van der Waals surface area contributed by atoms with Crippen molar-refractivity contribution in [1.82, 2.24) is 15.1 Å². The first-order valence-electron chi connectivity index (χ1n) is 7.52. The van der Waals surface area contributed by atoms with Gasteiger partial charge in [-0.3, -0.25) is 5.10 Å². The molecule has 0 atom stereocenters. The molecule has 2 N–H and O–H groups in total. The van der Waals surface area contributed by atoms with Crippen LogP contribution in [-0.2, 0) is 19.1 Å². The number of aromatic nitrogens is 2. The summed E-state index contributed by atoms with van der Waals surface area (Å²) in [5, 5.41) is 8.55. The number of fused-ring (bicyclic) bond motifs is 1. The molecule has 0 aliphatic carbocycles. The number of amides is 2. The van der Waals surface area contributed by atoms with Crippen LogP contribution in [0.1, 0.15) is 28.1 Å². The molecule has 1 aromatic carbocycles. The molecule has 0 radical (unpaired) electrons. The van der Waals surface area contributed by atoms with E-state index in [4.69, 9.17) is 0 Å². The van der Waals surface area contributed by atoms with Crippen molar-refractivity contribution in [2.75, 3.05) is 11.9 Å². The van der Waals surface area contributed by atoms with Crippen LogP contribution < -0.4 is 5.32 Å². The molecule has 2 aromatic rings. The first kappa shape index (κ1) is 16.4. The number of hydrogen-bond acceptors (Lipinski definition) is 2. The van der Waals surface area contributed by atoms with E-state index in [0.29, 0.717) is 24.3 Å². The van der Waals surface area contributed by atoms with Crippen molar-refractivity contribution in [3.05, 3.63) is 46.3 Å². The minimum Gasteiger partial charge on any atom is -0.320 e. The average molecular weight is 338 g/mol. The lowest BCUT2D eigenvalue weighted by Crippen LogP contribution is -2.39. The normalized spacial score (nSPS) is 14.5. The molecular formula is C16H17F3N4O. The third kappa shape index (κ3) is 3.08. The number of alkyl halides is 3. The maximum atomic E-state index is 13.0. The maximum Gasteiger partial charge on any atom is 0.435 e. The third-order valence-electron chi connectivity index (χ3n) is 4.11. The molecule has 0 spiro atoms. The van der Waals surface area contributed by atoms with Crippen molar-refractivity contribution in [3.8, 4) is 0 Å². The van der Waals surface area contributed by atoms with E-state index in [9.17, 15) is 18.0 Å². The van der Waals surface area contributed by atoms with Gasteiger partial charge < -0.3 is 10.2 Å². The van der Waals surface area contributed by atoms with Gasteiger partial charge in [-0.2, -0.15) is 18.3 Å². The lowest BCUT2D eigenvalue weighted by Gasteiger charge is -2.27. The number of aromatic amines is 1. The van der Waals surface area contributed by atoms with E-state index in [0.717, 1.165) is 11.1 Å². The molecule has 3 rings (SSSR count). The van der Waals surface area contributed by atoms with Gasteiger partial charge in [0.25, 0.3) is 0 Å². The van der Waals surface area contributed by atoms with Crippen molar-refractivity contribution < 1.29 is 18.0 Å². The van der Waals surface area contributed by atoms with E-state index >= 15 is 0 Å². The number of rotatable bonds is 1. The highest BCUT2D eigenvalue weighted by atomic mass is 19.4. The summed E-state index contributed by atoms with van der Waals surface area (Å²) in [5.41, 5.74) is 2.17. The predicted molar refractivity (Wildman–Crippen MR) is 82.6 cm³/mol. The zero-order valence-corrected chi connectivity index (χ0v) is 13.3. The number of aryl methyl sites for hydroxylation is 2. The summed E-state index contributed by atoms with van der Waals surface area (Å²) in [5.74, 6) is 0. The van der Waals surface area contributed by atoms with Crippen molar-refractivity contribution >= 4 is 11.7 Å². The highest BCUT2D eigenvalue weighted by Crippen LogP contribution is 2.34. The molecular weight excluding hydrogens is 321 g/mol. The maximum absolute atomic E-state index is 13.0. The fourth-order valence-corrected chi connectivity index (χ4v) is 2.85. The molecule has 1 aliphatic rings. The number of halogens is 3. The summed E-state index contributed by atoms with van der Waals surface area (Å²) in [7, 11) is 0. The number of carbonyl (C=O) groups is 1.